The van der Waals surface area contributed by atoms with Crippen molar-refractivity contribution in [3.05, 3.63) is 0 Å². The Morgan fingerprint density at radius 1 is 0.769 bits per heavy atom. The van der Waals surface area contributed by atoms with Gasteiger partial charge in [-0.15, -0.1) is 0 Å². The van der Waals surface area contributed by atoms with Gasteiger partial charge in [0.2, 0.25) is 0 Å². The van der Waals surface area contributed by atoms with Gasteiger partial charge in [-0.1, -0.05) is 75.2 Å². The minimum absolute atomic E-state index is 0. The van der Waals surface area contributed by atoms with Gasteiger partial charge in [-0.05, 0) is 5.92 Å². The summed E-state index contributed by atoms with van der Waals surface area (Å²) in [5, 5.41) is 0. The second-order valence-electron chi connectivity index (χ2n) is 2.51. The summed E-state index contributed by atoms with van der Waals surface area (Å²) < 4.78 is 0. The zero-order chi connectivity index (χ0) is 11.0. The molecular weight excluding hydrogens is 233 g/mol. The third-order valence-corrected chi connectivity index (χ3v) is 0.816. The number of hydrogen-bond donors (Lipinski definition) is 0. The third kappa shape index (κ3) is 168. The zero-order valence-corrected chi connectivity index (χ0v) is 14.4. The molecule has 0 rings (SSSR count). The average Bonchev–Trinajstić information content (AvgIpc) is 2.13. The van der Waals surface area contributed by atoms with Crippen LogP contribution in [0.15, 0.2) is 0 Å². The van der Waals surface area contributed by atoms with E-state index in [2.05, 4.69) is 34.6 Å². The molecule has 0 spiro atoms. The Morgan fingerprint density at radius 3 is 0.846 bits per heavy atom. The summed E-state index contributed by atoms with van der Waals surface area (Å²) in [7, 11) is 0. The van der Waals surface area contributed by atoms with Crippen LogP contribution in [-0.2, 0) is 32.7 Å². The maximum absolute atomic E-state index is 2.22. The molecule has 0 aliphatic rings. The molecule has 0 unspecified atom stereocenters. The molecule has 0 aliphatic heterocycles. The van der Waals surface area contributed by atoms with Gasteiger partial charge in [0.1, 0.15) is 0 Å². The smallest absolute Gasteiger partial charge is 0 e. The van der Waals surface area contributed by atoms with Crippen LogP contribution in [0.1, 0.15) is 75.2 Å². The van der Waals surface area contributed by atoms with Gasteiger partial charge >= 0.3 is 0 Å². The molecule has 0 aromatic heterocycles. The fourth-order valence-electron chi connectivity index (χ4n) is 0. The van der Waals surface area contributed by atoms with E-state index in [4.69, 9.17) is 0 Å². The van der Waals surface area contributed by atoms with E-state index in [0.717, 1.165) is 5.92 Å². The first-order chi connectivity index (χ1) is 5.68. The Hall–Kier alpha value is 1.10. The number of rotatable bonds is 1. The Labute approximate surface area is 113 Å². The van der Waals surface area contributed by atoms with Crippen LogP contribution in [0.25, 0.3) is 0 Å². The normalized spacial score (nSPS) is 6.00. The summed E-state index contributed by atoms with van der Waals surface area (Å²) in [4.78, 5) is 0. The van der Waals surface area contributed by atoms with Gasteiger partial charge in [0, 0.05) is 32.7 Å². The van der Waals surface area contributed by atoms with E-state index in [-0.39, 0.29) is 32.7 Å². The quantitative estimate of drug-likeness (QED) is 0.585. The maximum atomic E-state index is 2.22. The first kappa shape index (κ1) is 29.2. The fourth-order valence-corrected chi connectivity index (χ4v) is 0. The van der Waals surface area contributed by atoms with Crippen molar-refractivity contribution < 1.29 is 32.7 Å². The molecule has 0 nitrogen and oxygen atoms in total. The standard InChI is InChI=1S/C5H12.C3H8.2C2H6.Y/c1-4-5(2)3;1-3-2;2*1-2;/h5H,4H2,1-3H3;3H2,1-2H3;2*1-2H3;. The van der Waals surface area contributed by atoms with Crippen molar-refractivity contribution in [1.29, 1.82) is 0 Å². The van der Waals surface area contributed by atoms with E-state index < -0.39 is 0 Å². The predicted octanol–water partition coefficient (Wildman–Crippen LogP) is 5.52. The summed E-state index contributed by atoms with van der Waals surface area (Å²) in [5.74, 6) is 0.884. The van der Waals surface area contributed by atoms with E-state index in [1.165, 1.54) is 12.8 Å². The van der Waals surface area contributed by atoms with Crippen molar-refractivity contribution in [3.8, 4) is 0 Å². The van der Waals surface area contributed by atoms with Crippen LogP contribution in [0.4, 0.5) is 0 Å². The van der Waals surface area contributed by atoms with E-state index in [9.17, 15) is 0 Å². The SMILES string of the molecule is CC.CC.CCC.CCC(C)C.[Y]. The van der Waals surface area contributed by atoms with Crippen molar-refractivity contribution in [3.63, 3.8) is 0 Å². The van der Waals surface area contributed by atoms with E-state index in [1.54, 1.807) is 0 Å². The van der Waals surface area contributed by atoms with E-state index >= 15 is 0 Å². The van der Waals surface area contributed by atoms with Crippen LogP contribution >= 0.6 is 0 Å². The minimum Gasteiger partial charge on any atom is -0.0683 e. The molecule has 0 aliphatic carbocycles. The fraction of sp³-hybridized carbons (Fsp3) is 1.00. The summed E-state index contributed by atoms with van der Waals surface area (Å²) in [5.41, 5.74) is 0. The van der Waals surface area contributed by atoms with Crippen molar-refractivity contribution in [1.82, 2.24) is 0 Å². The van der Waals surface area contributed by atoms with E-state index in [0.29, 0.717) is 0 Å². The van der Waals surface area contributed by atoms with Crippen molar-refractivity contribution in [2.45, 2.75) is 75.2 Å². The Bertz CT molecular complexity index is 26.3. The largest absolute Gasteiger partial charge is 0.0683 e. The summed E-state index contributed by atoms with van der Waals surface area (Å²) in [6.45, 7) is 18.9. The molecule has 0 fully saturated rings. The Morgan fingerprint density at radius 2 is 0.846 bits per heavy atom. The molecule has 0 amide bonds. The van der Waals surface area contributed by atoms with Gasteiger partial charge in [0.05, 0.1) is 0 Å². The molecule has 0 aromatic carbocycles. The molecule has 0 saturated heterocycles. The summed E-state index contributed by atoms with van der Waals surface area (Å²) >= 11 is 0. The molecule has 0 bridgehead atoms. The van der Waals surface area contributed by atoms with E-state index in [1.807, 2.05) is 27.7 Å². The first-order valence-corrected chi connectivity index (χ1v) is 5.68. The molecule has 0 aromatic rings. The molecular formula is C12H32Y. The molecule has 0 N–H and O–H groups in total. The molecule has 83 valence electrons. The minimum atomic E-state index is 0. The molecule has 0 saturated carbocycles. The third-order valence-electron chi connectivity index (χ3n) is 0.816. The predicted molar refractivity (Wildman–Crippen MR) is 63.8 cm³/mol. The van der Waals surface area contributed by atoms with Crippen molar-refractivity contribution in [2.75, 3.05) is 0 Å². The van der Waals surface area contributed by atoms with Crippen LogP contribution in [-0.4, -0.2) is 0 Å². The first-order valence-electron chi connectivity index (χ1n) is 5.68. The Kier molecular flexibility index (Phi) is 116. The van der Waals surface area contributed by atoms with Gasteiger partial charge in [0.25, 0.3) is 0 Å². The summed E-state index contributed by atoms with van der Waals surface area (Å²) in [6, 6.07) is 0. The Balaban J connectivity index is -0.0000000235. The van der Waals surface area contributed by atoms with Crippen LogP contribution in [0.2, 0.25) is 0 Å². The molecule has 1 radical (unpaired) electrons. The molecule has 0 atom stereocenters. The maximum Gasteiger partial charge on any atom is 0 e. The zero-order valence-electron chi connectivity index (χ0n) is 11.6. The number of hydrogen-bond acceptors (Lipinski definition) is 0. The van der Waals surface area contributed by atoms with Gasteiger partial charge in [0.15, 0.2) is 0 Å². The summed E-state index contributed by atoms with van der Waals surface area (Å²) in [6.07, 6.45) is 2.56. The van der Waals surface area contributed by atoms with Gasteiger partial charge < -0.3 is 0 Å². The molecule has 0 heterocycles. The van der Waals surface area contributed by atoms with Gasteiger partial charge in [-0.2, -0.15) is 0 Å². The van der Waals surface area contributed by atoms with Crippen LogP contribution in [0.5, 0.6) is 0 Å². The van der Waals surface area contributed by atoms with Crippen LogP contribution in [0.3, 0.4) is 0 Å². The van der Waals surface area contributed by atoms with Crippen molar-refractivity contribution in [2.24, 2.45) is 5.92 Å². The van der Waals surface area contributed by atoms with Crippen LogP contribution in [0, 0.1) is 5.92 Å². The molecule has 13 heavy (non-hydrogen) atoms. The second-order valence-corrected chi connectivity index (χ2v) is 2.51. The average molecular weight is 265 g/mol. The molecule has 1 heteroatoms. The van der Waals surface area contributed by atoms with Crippen molar-refractivity contribution >= 4 is 0 Å². The van der Waals surface area contributed by atoms with Crippen LogP contribution < -0.4 is 0 Å². The van der Waals surface area contributed by atoms with Gasteiger partial charge in [-0.3, -0.25) is 0 Å². The van der Waals surface area contributed by atoms with Gasteiger partial charge in [-0.25, -0.2) is 0 Å². The topological polar surface area (TPSA) is 0 Å². The monoisotopic (exact) mass is 265 g/mol. The second kappa shape index (κ2) is 51.5.